The monoisotopic (exact) mass is 490 g/mol. The van der Waals surface area contributed by atoms with Gasteiger partial charge in [0.2, 0.25) is 5.91 Å². The standard InChI is InChI=1S/C23H18ClF3N4O3/c1-14(32)28-9-10-34-19-7-6-16(22-29-13-20(31-22)23(25,26)27)12-18(19)30-21(33)8-5-15-3-2-4-17(24)11-15/h2-4,6-7,11-13H,9-10H2,1H3,(H,28,32)(H,29,31)(H,30,33). The van der Waals surface area contributed by atoms with E-state index in [2.05, 4.69) is 32.4 Å². The third-order valence-corrected chi connectivity index (χ3v) is 4.50. The van der Waals surface area contributed by atoms with Gasteiger partial charge in [0.05, 0.1) is 18.4 Å². The molecule has 7 nitrogen and oxygen atoms in total. The molecule has 3 rings (SSSR count). The van der Waals surface area contributed by atoms with Gasteiger partial charge in [-0.25, -0.2) is 4.98 Å². The maximum Gasteiger partial charge on any atom is 0.432 e. The summed E-state index contributed by atoms with van der Waals surface area (Å²) in [6.45, 7) is 1.67. The summed E-state index contributed by atoms with van der Waals surface area (Å²) in [5.41, 5.74) is -0.0342. The Labute approximate surface area is 197 Å². The van der Waals surface area contributed by atoms with Crippen molar-refractivity contribution in [3.63, 3.8) is 0 Å². The number of aromatic nitrogens is 2. The maximum absolute atomic E-state index is 12.9. The molecule has 0 aliphatic rings. The number of nitrogens with zero attached hydrogens (tertiary/aromatic N) is 1. The van der Waals surface area contributed by atoms with Crippen LogP contribution in [0.25, 0.3) is 11.4 Å². The molecular formula is C23H18ClF3N4O3. The van der Waals surface area contributed by atoms with Crippen LogP contribution in [-0.4, -0.2) is 34.9 Å². The van der Waals surface area contributed by atoms with E-state index in [0.717, 1.165) is 0 Å². The third-order valence-electron chi connectivity index (χ3n) is 4.26. The Kier molecular flexibility index (Phi) is 7.81. The van der Waals surface area contributed by atoms with Gasteiger partial charge >= 0.3 is 12.1 Å². The van der Waals surface area contributed by atoms with Crippen molar-refractivity contribution >= 4 is 29.1 Å². The van der Waals surface area contributed by atoms with Gasteiger partial charge in [-0.05, 0) is 36.4 Å². The van der Waals surface area contributed by atoms with Crippen LogP contribution in [0.5, 0.6) is 5.75 Å². The normalized spacial score (nSPS) is 10.7. The van der Waals surface area contributed by atoms with Crippen LogP contribution in [0, 0.1) is 11.8 Å². The van der Waals surface area contributed by atoms with E-state index in [-0.39, 0.29) is 41.9 Å². The first-order valence-electron chi connectivity index (χ1n) is 9.84. The number of halogens is 4. The molecule has 34 heavy (non-hydrogen) atoms. The molecule has 1 aromatic heterocycles. The molecule has 0 fully saturated rings. The second kappa shape index (κ2) is 10.8. The van der Waals surface area contributed by atoms with Crippen LogP contribution in [0.4, 0.5) is 18.9 Å². The summed E-state index contributed by atoms with van der Waals surface area (Å²) in [6.07, 6.45) is -3.90. The van der Waals surface area contributed by atoms with Crippen molar-refractivity contribution in [3.8, 4) is 29.0 Å². The van der Waals surface area contributed by atoms with Gasteiger partial charge in [-0.3, -0.25) is 9.59 Å². The van der Waals surface area contributed by atoms with Crippen LogP contribution in [-0.2, 0) is 15.8 Å². The van der Waals surface area contributed by atoms with E-state index in [4.69, 9.17) is 16.3 Å². The summed E-state index contributed by atoms with van der Waals surface area (Å²) in [5, 5.41) is 5.60. The summed E-state index contributed by atoms with van der Waals surface area (Å²) in [4.78, 5) is 29.4. The van der Waals surface area contributed by atoms with Crippen molar-refractivity contribution in [3.05, 3.63) is 64.9 Å². The Hall–Kier alpha value is -3.97. The predicted octanol–water partition coefficient (Wildman–Crippen LogP) is 4.25. The zero-order valence-electron chi connectivity index (χ0n) is 17.7. The molecule has 2 aromatic carbocycles. The lowest BCUT2D eigenvalue weighted by molar-refractivity contribution is -0.140. The van der Waals surface area contributed by atoms with Crippen molar-refractivity contribution < 1.29 is 27.5 Å². The minimum atomic E-state index is -4.58. The molecule has 11 heteroatoms. The number of hydrogen-bond donors (Lipinski definition) is 3. The highest BCUT2D eigenvalue weighted by molar-refractivity contribution is 6.30. The van der Waals surface area contributed by atoms with E-state index in [0.29, 0.717) is 16.8 Å². The summed E-state index contributed by atoms with van der Waals surface area (Å²) in [6, 6.07) is 11.0. The number of imidazole rings is 1. The summed E-state index contributed by atoms with van der Waals surface area (Å²) < 4.78 is 44.3. The zero-order chi connectivity index (χ0) is 24.7. The van der Waals surface area contributed by atoms with Gasteiger partial charge in [0, 0.05) is 29.0 Å². The fourth-order valence-corrected chi connectivity index (χ4v) is 2.94. The molecule has 0 bridgehead atoms. The van der Waals surface area contributed by atoms with Crippen LogP contribution in [0.2, 0.25) is 5.02 Å². The van der Waals surface area contributed by atoms with E-state index >= 15 is 0 Å². The maximum atomic E-state index is 12.9. The fraction of sp³-hybridized carbons (Fsp3) is 0.174. The number of carbonyl (C=O) groups excluding carboxylic acids is 2. The third kappa shape index (κ3) is 7.02. The molecule has 0 aliphatic heterocycles. The predicted molar refractivity (Wildman–Crippen MR) is 120 cm³/mol. The van der Waals surface area contributed by atoms with Gasteiger partial charge in [0.15, 0.2) is 0 Å². The van der Waals surface area contributed by atoms with Crippen LogP contribution in [0.15, 0.2) is 48.7 Å². The highest BCUT2D eigenvalue weighted by Gasteiger charge is 2.33. The number of amides is 2. The van der Waals surface area contributed by atoms with Gasteiger partial charge in [0.1, 0.15) is 23.9 Å². The van der Waals surface area contributed by atoms with E-state index < -0.39 is 17.8 Å². The number of anilines is 1. The lowest BCUT2D eigenvalue weighted by atomic mass is 10.1. The molecule has 3 aromatic rings. The quantitative estimate of drug-likeness (QED) is 0.355. The molecule has 0 radical (unpaired) electrons. The van der Waals surface area contributed by atoms with Crippen molar-refractivity contribution in [2.75, 3.05) is 18.5 Å². The smallest absolute Gasteiger partial charge is 0.432 e. The molecular weight excluding hydrogens is 473 g/mol. The van der Waals surface area contributed by atoms with E-state index in [9.17, 15) is 22.8 Å². The first kappa shape index (κ1) is 24.7. The number of H-pyrrole nitrogens is 1. The van der Waals surface area contributed by atoms with E-state index in [1.807, 2.05) is 0 Å². The molecule has 2 amide bonds. The molecule has 0 saturated heterocycles. The van der Waals surface area contributed by atoms with Crippen molar-refractivity contribution in [2.24, 2.45) is 0 Å². The molecule has 0 unspecified atom stereocenters. The Morgan fingerprint density at radius 2 is 2.00 bits per heavy atom. The van der Waals surface area contributed by atoms with E-state index in [1.54, 1.807) is 24.3 Å². The van der Waals surface area contributed by atoms with Gasteiger partial charge < -0.3 is 20.4 Å². The average molecular weight is 491 g/mol. The minimum Gasteiger partial charge on any atom is -0.490 e. The van der Waals surface area contributed by atoms with Crippen molar-refractivity contribution in [1.29, 1.82) is 0 Å². The SMILES string of the molecule is CC(=O)NCCOc1ccc(-c2ncc(C(F)(F)F)[nH]2)cc1NC(=O)C#Cc1cccc(Cl)c1. The molecule has 0 saturated carbocycles. The number of carbonyl (C=O) groups is 2. The van der Waals surface area contributed by atoms with Gasteiger partial charge in [-0.15, -0.1) is 0 Å². The van der Waals surface area contributed by atoms with Crippen LogP contribution < -0.4 is 15.4 Å². The van der Waals surface area contributed by atoms with Crippen LogP contribution in [0.3, 0.4) is 0 Å². The second-order valence-electron chi connectivity index (χ2n) is 6.90. The molecule has 0 atom stereocenters. The Bertz CT molecular complexity index is 1260. The summed E-state index contributed by atoms with van der Waals surface area (Å²) in [5.74, 6) is 4.37. The largest absolute Gasteiger partial charge is 0.490 e. The van der Waals surface area contributed by atoms with Crippen LogP contribution >= 0.6 is 11.6 Å². The molecule has 0 aliphatic carbocycles. The Balaban J connectivity index is 1.84. The topological polar surface area (TPSA) is 96.1 Å². The Morgan fingerprint density at radius 3 is 2.68 bits per heavy atom. The molecule has 176 valence electrons. The summed E-state index contributed by atoms with van der Waals surface area (Å²) in [7, 11) is 0. The Morgan fingerprint density at radius 1 is 1.21 bits per heavy atom. The van der Waals surface area contributed by atoms with Gasteiger partial charge in [-0.1, -0.05) is 23.6 Å². The van der Waals surface area contributed by atoms with Gasteiger partial charge in [0.25, 0.3) is 0 Å². The number of rotatable bonds is 6. The minimum absolute atomic E-state index is 0.0439. The highest BCUT2D eigenvalue weighted by atomic mass is 35.5. The lowest BCUT2D eigenvalue weighted by Gasteiger charge is -2.13. The first-order valence-corrected chi connectivity index (χ1v) is 10.2. The lowest BCUT2D eigenvalue weighted by Crippen LogP contribution is -2.25. The first-order chi connectivity index (χ1) is 16.1. The number of ether oxygens (including phenoxy) is 1. The van der Waals surface area contributed by atoms with Crippen molar-refractivity contribution in [2.45, 2.75) is 13.1 Å². The molecule has 0 spiro atoms. The zero-order valence-corrected chi connectivity index (χ0v) is 18.5. The number of alkyl halides is 3. The fourth-order valence-electron chi connectivity index (χ4n) is 2.75. The molecule has 1 heterocycles. The van der Waals surface area contributed by atoms with Crippen molar-refractivity contribution in [1.82, 2.24) is 15.3 Å². The van der Waals surface area contributed by atoms with Crippen LogP contribution in [0.1, 0.15) is 18.2 Å². The number of hydrogen-bond acceptors (Lipinski definition) is 4. The van der Waals surface area contributed by atoms with E-state index in [1.165, 1.54) is 25.1 Å². The average Bonchev–Trinajstić information content (AvgIpc) is 3.27. The number of benzene rings is 2. The van der Waals surface area contributed by atoms with Gasteiger partial charge in [-0.2, -0.15) is 13.2 Å². The second-order valence-corrected chi connectivity index (χ2v) is 7.34. The summed E-state index contributed by atoms with van der Waals surface area (Å²) >= 11 is 5.91. The number of nitrogens with one attached hydrogen (secondary N) is 3. The number of aromatic amines is 1. The highest BCUT2D eigenvalue weighted by Crippen LogP contribution is 2.32. The molecule has 3 N–H and O–H groups in total.